The summed E-state index contributed by atoms with van der Waals surface area (Å²) in [5, 5.41) is 0. The van der Waals surface area contributed by atoms with E-state index in [1.165, 1.54) is 12.1 Å². The van der Waals surface area contributed by atoms with E-state index in [1.54, 1.807) is 6.92 Å². The molecule has 2 rings (SSSR count). The number of benzene rings is 2. The zero-order valence-corrected chi connectivity index (χ0v) is 13.5. The van der Waals surface area contributed by atoms with Crippen LogP contribution in [0.3, 0.4) is 0 Å². The minimum Gasteiger partial charge on any atom is -0.489 e. The summed E-state index contributed by atoms with van der Waals surface area (Å²) in [6, 6.07) is 12.8. The summed E-state index contributed by atoms with van der Waals surface area (Å²) >= 11 is 0. The second-order valence-electron chi connectivity index (χ2n) is 5.11. The summed E-state index contributed by atoms with van der Waals surface area (Å²) < 4.78 is 49.9. The lowest BCUT2D eigenvalue weighted by atomic mass is 10.1. The molecule has 0 atom stereocenters. The summed E-state index contributed by atoms with van der Waals surface area (Å²) in [6.45, 7) is 1.93. The Morgan fingerprint density at radius 2 is 1.84 bits per heavy atom. The maximum atomic E-state index is 13.3. The molecule has 6 heteroatoms. The zero-order valence-electron chi connectivity index (χ0n) is 13.5. The Labute approximate surface area is 143 Å². The van der Waals surface area contributed by atoms with Crippen molar-refractivity contribution in [1.29, 1.82) is 0 Å². The lowest BCUT2D eigenvalue weighted by Crippen LogP contribution is -2.08. The summed E-state index contributed by atoms with van der Waals surface area (Å²) in [5.74, 6) is -0.593. The lowest BCUT2D eigenvalue weighted by Gasteiger charge is -2.13. The third-order valence-corrected chi connectivity index (χ3v) is 3.26. The van der Waals surface area contributed by atoms with E-state index in [4.69, 9.17) is 4.74 Å². The van der Waals surface area contributed by atoms with Crippen LogP contribution in [0.4, 0.5) is 13.2 Å². The molecule has 3 nitrogen and oxygen atoms in total. The van der Waals surface area contributed by atoms with E-state index >= 15 is 0 Å². The van der Waals surface area contributed by atoms with E-state index in [-0.39, 0.29) is 24.5 Å². The van der Waals surface area contributed by atoms with Crippen LogP contribution in [0.25, 0.3) is 6.08 Å². The standard InChI is InChI=1S/C19H17F3O3/c1-2-24-18(23)11-9-15-8-10-16(12-17(15)19(20,21)22)25-13-14-6-4-3-5-7-14/h3-12H,2,13H2,1H3/b11-9+. The van der Waals surface area contributed by atoms with Gasteiger partial charge in [-0.15, -0.1) is 0 Å². The molecule has 0 saturated carbocycles. The van der Waals surface area contributed by atoms with Crippen LogP contribution >= 0.6 is 0 Å². The number of hydrogen-bond acceptors (Lipinski definition) is 3. The number of rotatable bonds is 6. The third kappa shape index (κ3) is 5.67. The van der Waals surface area contributed by atoms with Crippen molar-refractivity contribution in [3.05, 3.63) is 71.3 Å². The molecule has 0 unspecified atom stereocenters. The van der Waals surface area contributed by atoms with Crippen molar-refractivity contribution in [3.63, 3.8) is 0 Å². The van der Waals surface area contributed by atoms with E-state index in [9.17, 15) is 18.0 Å². The van der Waals surface area contributed by atoms with Crippen molar-refractivity contribution >= 4 is 12.0 Å². The molecule has 132 valence electrons. The average molecular weight is 350 g/mol. The molecule has 0 aliphatic heterocycles. The number of alkyl halides is 3. The Bertz CT molecular complexity index is 737. The van der Waals surface area contributed by atoms with Crippen LogP contribution in [0.15, 0.2) is 54.6 Å². The van der Waals surface area contributed by atoms with Gasteiger partial charge < -0.3 is 9.47 Å². The third-order valence-electron chi connectivity index (χ3n) is 3.26. The van der Waals surface area contributed by atoms with Crippen LogP contribution in [-0.4, -0.2) is 12.6 Å². The summed E-state index contributed by atoms with van der Waals surface area (Å²) in [6.07, 6.45) is -2.51. The zero-order chi connectivity index (χ0) is 18.3. The highest BCUT2D eigenvalue weighted by Crippen LogP contribution is 2.35. The minimum absolute atomic E-state index is 0.101. The number of ether oxygens (including phenoxy) is 2. The first-order valence-corrected chi connectivity index (χ1v) is 7.63. The molecule has 0 radical (unpaired) electrons. The first-order chi connectivity index (χ1) is 11.9. The van der Waals surface area contributed by atoms with E-state index in [2.05, 4.69) is 4.74 Å². The fourth-order valence-electron chi connectivity index (χ4n) is 2.11. The van der Waals surface area contributed by atoms with Crippen molar-refractivity contribution in [2.24, 2.45) is 0 Å². The number of esters is 1. The van der Waals surface area contributed by atoms with Crippen LogP contribution in [0.5, 0.6) is 5.75 Å². The van der Waals surface area contributed by atoms with Crippen LogP contribution in [0.1, 0.15) is 23.6 Å². The van der Waals surface area contributed by atoms with E-state index in [0.29, 0.717) is 0 Å². The molecular formula is C19H17F3O3. The minimum atomic E-state index is -4.57. The van der Waals surface area contributed by atoms with E-state index in [0.717, 1.165) is 23.8 Å². The van der Waals surface area contributed by atoms with Gasteiger partial charge in [0.2, 0.25) is 0 Å². The number of carbonyl (C=O) groups is 1. The molecule has 0 spiro atoms. The molecule has 25 heavy (non-hydrogen) atoms. The number of hydrogen-bond donors (Lipinski definition) is 0. The maximum Gasteiger partial charge on any atom is 0.417 e. The average Bonchev–Trinajstić information content (AvgIpc) is 2.59. The second kappa shape index (κ2) is 8.37. The number of halogens is 3. The van der Waals surface area contributed by atoms with Crippen LogP contribution < -0.4 is 4.74 Å². The Balaban J connectivity index is 2.20. The summed E-state index contributed by atoms with van der Waals surface area (Å²) in [5.41, 5.74) is -0.159. The molecule has 0 aliphatic carbocycles. The van der Waals surface area contributed by atoms with Crippen LogP contribution in [0, 0.1) is 0 Å². The van der Waals surface area contributed by atoms with Gasteiger partial charge in [-0.3, -0.25) is 0 Å². The van der Waals surface area contributed by atoms with Crippen molar-refractivity contribution in [1.82, 2.24) is 0 Å². The normalized spacial score (nSPS) is 11.5. The monoisotopic (exact) mass is 350 g/mol. The van der Waals surface area contributed by atoms with Gasteiger partial charge in [-0.2, -0.15) is 13.2 Å². The second-order valence-corrected chi connectivity index (χ2v) is 5.11. The smallest absolute Gasteiger partial charge is 0.417 e. The van der Waals surface area contributed by atoms with E-state index in [1.807, 2.05) is 30.3 Å². The van der Waals surface area contributed by atoms with Crippen LogP contribution in [0.2, 0.25) is 0 Å². The van der Waals surface area contributed by atoms with Gasteiger partial charge in [0, 0.05) is 6.08 Å². The van der Waals surface area contributed by atoms with Gasteiger partial charge >= 0.3 is 12.1 Å². The molecule has 0 aliphatic rings. The van der Waals surface area contributed by atoms with Gasteiger partial charge in [0.1, 0.15) is 12.4 Å². The Hall–Kier alpha value is -2.76. The molecule has 0 aromatic heterocycles. The molecular weight excluding hydrogens is 333 g/mol. The molecule has 2 aromatic rings. The fourth-order valence-corrected chi connectivity index (χ4v) is 2.11. The van der Waals surface area contributed by atoms with Crippen molar-refractivity contribution in [2.45, 2.75) is 19.7 Å². The topological polar surface area (TPSA) is 35.5 Å². The van der Waals surface area contributed by atoms with Gasteiger partial charge in [0.05, 0.1) is 12.2 Å². The van der Waals surface area contributed by atoms with Gasteiger partial charge in [0.25, 0.3) is 0 Å². The Morgan fingerprint density at radius 1 is 1.12 bits per heavy atom. The molecule has 0 saturated heterocycles. The first-order valence-electron chi connectivity index (χ1n) is 7.63. The maximum absolute atomic E-state index is 13.3. The predicted molar refractivity (Wildman–Crippen MR) is 87.9 cm³/mol. The Kier molecular flexibility index (Phi) is 6.22. The van der Waals surface area contributed by atoms with Gasteiger partial charge in [-0.1, -0.05) is 36.4 Å². The number of carbonyl (C=O) groups excluding carboxylic acids is 1. The molecule has 0 fully saturated rings. The van der Waals surface area contributed by atoms with E-state index < -0.39 is 17.7 Å². The SMILES string of the molecule is CCOC(=O)/C=C/c1ccc(OCc2ccccc2)cc1C(F)(F)F. The Morgan fingerprint density at radius 3 is 2.48 bits per heavy atom. The highest BCUT2D eigenvalue weighted by atomic mass is 19.4. The van der Waals surface area contributed by atoms with Crippen molar-refractivity contribution in [3.8, 4) is 5.75 Å². The van der Waals surface area contributed by atoms with Gasteiger partial charge in [0.15, 0.2) is 0 Å². The van der Waals surface area contributed by atoms with Gasteiger partial charge in [-0.25, -0.2) is 4.79 Å². The summed E-state index contributed by atoms with van der Waals surface area (Å²) in [7, 11) is 0. The van der Waals surface area contributed by atoms with Crippen LogP contribution in [-0.2, 0) is 22.3 Å². The molecule has 0 amide bonds. The first kappa shape index (κ1) is 18.6. The quantitative estimate of drug-likeness (QED) is 0.551. The molecule has 0 N–H and O–H groups in total. The molecule has 0 bridgehead atoms. The molecule has 0 heterocycles. The highest BCUT2D eigenvalue weighted by Gasteiger charge is 2.33. The van der Waals surface area contributed by atoms with Crippen molar-refractivity contribution < 1.29 is 27.4 Å². The van der Waals surface area contributed by atoms with Gasteiger partial charge in [-0.05, 0) is 36.3 Å². The molecule has 2 aromatic carbocycles. The summed E-state index contributed by atoms with van der Waals surface area (Å²) in [4.78, 5) is 11.3. The predicted octanol–water partition coefficient (Wildman–Crippen LogP) is 4.86. The van der Waals surface area contributed by atoms with Crippen molar-refractivity contribution in [2.75, 3.05) is 6.61 Å². The fraction of sp³-hybridized carbons (Fsp3) is 0.211. The highest BCUT2D eigenvalue weighted by molar-refractivity contribution is 5.87. The largest absolute Gasteiger partial charge is 0.489 e. The lowest BCUT2D eigenvalue weighted by molar-refractivity contribution is -0.138.